The molecular weight excluding hydrogens is 174 g/mol. The summed E-state index contributed by atoms with van der Waals surface area (Å²) in [6.45, 7) is 0. The van der Waals surface area contributed by atoms with E-state index in [2.05, 4.69) is 0 Å². The van der Waals surface area contributed by atoms with Gasteiger partial charge in [0.2, 0.25) is 6.41 Å². The van der Waals surface area contributed by atoms with Crippen LogP contribution in [0.4, 0.5) is 0 Å². The van der Waals surface area contributed by atoms with Crippen LogP contribution in [0.5, 0.6) is 0 Å². The first-order valence-corrected chi connectivity index (χ1v) is 3.91. The Morgan fingerprint density at radius 3 is 2.92 bits per heavy atom. The van der Waals surface area contributed by atoms with Gasteiger partial charge in [-0.05, 0) is 18.2 Å². The molecule has 0 fully saturated rings. The van der Waals surface area contributed by atoms with Gasteiger partial charge in [-0.1, -0.05) is 17.7 Å². The highest BCUT2D eigenvalue weighted by Gasteiger charge is 2.01. The largest absolute Gasteiger partial charge is 0.290 e. The Labute approximate surface area is 74.4 Å². The Kier molecular flexibility index (Phi) is 1.62. The SMILES string of the molecule is O=Cn1ccc2c(Cl)cccc21. The van der Waals surface area contributed by atoms with Crippen LogP contribution in [0.2, 0.25) is 5.02 Å². The van der Waals surface area contributed by atoms with E-state index in [1.165, 1.54) is 4.57 Å². The molecule has 0 saturated heterocycles. The first-order valence-electron chi connectivity index (χ1n) is 3.53. The number of nitrogens with zero attached hydrogens (tertiary/aromatic N) is 1. The number of fused-ring (bicyclic) bond motifs is 1. The minimum absolute atomic E-state index is 0.674. The Morgan fingerprint density at radius 1 is 1.33 bits per heavy atom. The van der Waals surface area contributed by atoms with E-state index >= 15 is 0 Å². The van der Waals surface area contributed by atoms with E-state index in [1.54, 1.807) is 12.3 Å². The second kappa shape index (κ2) is 2.64. The van der Waals surface area contributed by atoms with Gasteiger partial charge < -0.3 is 0 Å². The molecule has 1 aromatic carbocycles. The van der Waals surface area contributed by atoms with Crippen LogP contribution in [0.3, 0.4) is 0 Å². The molecule has 0 aliphatic rings. The van der Waals surface area contributed by atoms with E-state index in [0.29, 0.717) is 5.02 Å². The van der Waals surface area contributed by atoms with Crippen molar-refractivity contribution in [2.45, 2.75) is 0 Å². The number of benzene rings is 1. The fraction of sp³-hybridized carbons (Fsp3) is 0. The molecule has 1 heterocycles. The van der Waals surface area contributed by atoms with Crippen molar-refractivity contribution in [1.29, 1.82) is 0 Å². The Hall–Kier alpha value is -1.28. The summed E-state index contributed by atoms with van der Waals surface area (Å²) in [6, 6.07) is 7.31. The zero-order chi connectivity index (χ0) is 8.55. The molecule has 0 bridgehead atoms. The smallest absolute Gasteiger partial charge is 0.218 e. The van der Waals surface area contributed by atoms with E-state index in [1.807, 2.05) is 18.2 Å². The summed E-state index contributed by atoms with van der Waals surface area (Å²) in [5.41, 5.74) is 0.845. The lowest BCUT2D eigenvalue weighted by molar-refractivity contribution is 0.549. The van der Waals surface area contributed by atoms with E-state index in [-0.39, 0.29) is 0 Å². The van der Waals surface area contributed by atoms with Crippen molar-refractivity contribution in [3.63, 3.8) is 0 Å². The molecule has 0 saturated carbocycles. The second-order valence-electron chi connectivity index (χ2n) is 2.50. The molecular formula is C9H6ClNO. The Bertz CT molecular complexity index is 433. The average molecular weight is 180 g/mol. The van der Waals surface area contributed by atoms with E-state index < -0.39 is 0 Å². The predicted octanol–water partition coefficient (Wildman–Crippen LogP) is 2.33. The molecule has 12 heavy (non-hydrogen) atoms. The third kappa shape index (κ3) is 0.924. The standard InChI is InChI=1S/C9H6ClNO/c10-8-2-1-3-9-7(8)4-5-11(9)6-12/h1-6H. The van der Waals surface area contributed by atoms with Gasteiger partial charge >= 0.3 is 0 Å². The molecule has 0 radical (unpaired) electrons. The summed E-state index contributed by atoms with van der Waals surface area (Å²) >= 11 is 5.90. The summed E-state index contributed by atoms with van der Waals surface area (Å²) in [6.07, 6.45) is 2.46. The van der Waals surface area contributed by atoms with Gasteiger partial charge in [0.25, 0.3) is 0 Å². The van der Waals surface area contributed by atoms with Crippen molar-refractivity contribution >= 4 is 28.9 Å². The van der Waals surface area contributed by atoms with Gasteiger partial charge in [-0.15, -0.1) is 0 Å². The molecule has 2 aromatic rings. The van der Waals surface area contributed by atoms with Crippen molar-refractivity contribution in [1.82, 2.24) is 4.57 Å². The van der Waals surface area contributed by atoms with Gasteiger partial charge in [-0.25, -0.2) is 0 Å². The molecule has 0 atom stereocenters. The molecule has 0 spiro atoms. The van der Waals surface area contributed by atoms with Crippen LogP contribution in [0.15, 0.2) is 30.5 Å². The monoisotopic (exact) mass is 179 g/mol. The van der Waals surface area contributed by atoms with Crippen LogP contribution in [0.25, 0.3) is 10.9 Å². The van der Waals surface area contributed by atoms with Crippen LogP contribution >= 0.6 is 11.6 Å². The molecule has 0 aliphatic heterocycles. The van der Waals surface area contributed by atoms with Gasteiger partial charge in [0, 0.05) is 16.6 Å². The zero-order valence-corrected chi connectivity index (χ0v) is 6.95. The zero-order valence-electron chi connectivity index (χ0n) is 6.20. The number of rotatable bonds is 1. The third-order valence-electron chi connectivity index (χ3n) is 1.82. The summed E-state index contributed by atoms with van der Waals surface area (Å²) in [7, 11) is 0. The summed E-state index contributed by atoms with van der Waals surface area (Å²) in [5, 5.41) is 1.58. The van der Waals surface area contributed by atoms with E-state index in [9.17, 15) is 4.79 Å². The molecule has 0 aliphatic carbocycles. The minimum atomic E-state index is 0.674. The number of aromatic nitrogens is 1. The Balaban J connectivity index is 2.88. The summed E-state index contributed by atoms with van der Waals surface area (Å²) < 4.78 is 1.50. The predicted molar refractivity (Wildman–Crippen MR) is 49.1 cm³/mol. The van der Waals surface area contributed by atoms with Gasteiger partial charge in [0.1, 0.15) is 0 Å². The van der Waals surface area contributed by atoms with Gasteiger partial charge in [-0.2, -0.15) is 0 Å². The molecule has 60 valence electrons. The average Bonchev–Trinajstić information content (AvgIpc) is 2.49. The maximum absolute atomic E-state index is 10.5. The molecule has 0 N–H and O–H groups in total. The van der Waals surface area contributed by atoms with Crippen molar-refractivity contribution in [3.8, 4) is 0 Å². The van der Waals surface area contributed by atoms with Crippen molar-refractivity contribution in [3.05, 3.63) is 35.5 Å². The maximum atomic E-state index is 10.5. The highest BCUT2D eigenvalue weighted by molar-refractivity contribution is 6.35. The van der Waals surface area contributed by atoms with Crippen LogP contribution in [0, 0.1) is 0 Å². The lowest BCUT2D eigenvalue weighted by atomic mass is 10.2. The molecule has 0 amide bonds. The first-order chi connectivity index (χ1) is 5.83. The topological polar surface area (TPSA) is 22.0 Å². The van der Waals surface area contributed by atoms with Crippen molar-refractivity contribution < 1.29 is 4.79 Å². The lowest BCUT2D eigenvalue weighted by Gasteiger charge is -1.94. The minimum Gasteiger partial charge on any atom is -0.290 e. The molecule has 3 heteroatoms. The highest BCUT2D eigenvalue weighted by Crippen LogP contribution is 2.23. The molecule has 1 aromatic heterocycles. The first kappa shape index (κ1) is 7.37. The summed E-state index contributed by atoms with van der Waals surface area (Å²) in [5.74, 6) is 0. The van der Waals surface area contributed by atoms with Gasteiger partial charge in [0.05, 0.1) is 5.52 Å². The van der Waals surface area contributed by atoms with Crippen molar-refractivity contribution in [2.24, 2.45) is 0 Å². The number of carbonyl (C=O) groups is 1. The third-order valence-corrected chi connectivity index (χ3v) is 2.15. The van der Waals surface area contributed by atoms with E-state index in [4.69, 9.17) is 11.6 Å². The second-order valence-corrected chi connectivity index (χ2v) is 2.91. The fourth-order valence-corrected chi connectivity index (χ4v) is 1.48. The number of halogens is 1. The number of hydrogen-bond acceptors (Lipinski definition) is 1. The highest BCUT2D eigenvalue weighted by atomic mass is 35.5. The van der Waals surface area contributed by atoms with Crippen LogP contribution in [-0.4, -0.2) is 11.0 Å². The number of carbonyl (C=O) groups excluding carboxylic acids is 1. The van der Waals surface area contributed by atoms with Crippen molar-refractivity contribution in [2.75, 3.05) is 0 Å². The summed E-state index contributed by atoms with van der Waals surface area (Å²) in [4.78, 5) is 10.5. The lowest BCUT2D eigenvalue weighted by Crippen LogP contribution is -1.89. The Morgan fingerprint density at radius 2 is 2.17 bits per heavy atom. The normalized spacial score (nSPS) is 10.4. The number of hydrogen-bond donors (Lipinski definition) is 0. The quantitative estimate of drug-likeness (QED) is 0.616. The van der Waals surface area contributed by atoms with Gasteiger partial charge in [-0.3, -0.25) is 9.36 Å². The van der Waals surface area contributed by atoms with Crippen LogP contribution in [-0.2, 0) is 4.79 Å². The molecule has 2 nitrogen and oxygen atoms in total. The molecule has 2 rings (SSSR count). The van der Waals surface area contributed by atoms with Crippen LogP contribution < -0.4 is 0 Å². The maximum Gasteiger partial charge on any atom is 0.218 e. The van der Waals surface area contributed by atoms with Gasteiger partial charge in [0.15, 0.2) is 0 Å². The van der Waals surface area contributed by atoms with E-state index in [0.717, 1.165) is 17.3 Å². The van der Waals surface area contributed by atoms with Crippen LogP contribution in [0.1, 0.15) is 0 Å². The fourth-order valence-electron chi connectivity index (χ4n) is 1.24. The molecule has 0 unspecified atom stereocenters.